The summed E-state index contributed by atoms with van der Waals surface area (Å²) in [7, 11) is 0. The van der Waals surface area contributed by atoms with Crippen LogP contribution in [0.25, 0.3) is 11.3 Å². The average Bonchev–Trinajstić information content (AvgIpc) is 3.16. The van der Waals surface area contributed by atoms with Gasteiger partial charge in [0, 0.05) is 35.0 Å². The van der Waals surface area contributed by atoms with Crippen LogP contribution in [0.1, 0.15) is 57.7 Å². The minimum Gasteiger partial charge on any atom is -0.463 e. The molecule has 0 bridgehead atoms. The van der Waals surface area contributed by atoms with Gasteiger partial charge in [-0.25, -0.2) is 4.79 Å². The molecule has 0 saturated heterocycles. The molecule has 2 aliphatic rings. The number of hydrogen-bond donors (Lipinski definition) is 1. The van der Waals surface area contributed by atoms with Gasteiger partial charge in [0.1, 0.15) is 0 Å². The van der Waals surface area contributed by atoms with Crippen LogP contribution in [0.2, 0.25) is 0 Å². The van der Waals surface area contributed by atoms with Crippen molar-refractivity contribution in [3.05, 3.63) is 64.1 Å². The van der Waals surface area contributed by atoms with Gasteiger partial charge in [0.25, 0.3) is 0 Å². The normalized spacial score (nSPS) is 20.4. The average molecular weight is 421 g/mol. The van der Waals surface area contributed by atoms with Crippen LogP contribution in [0.15, 0.2) is 57.4 Å². The Balaban J connectivity index is 1.83. The van der Waals surface area contributed by atoms with Crippen LogP contribution in [0.4, 0.5) is 0 Å². The number of ether oxygens (including phenoxy) is 1. The first kappa shape index (κ1) is 21.1. The maximum Gasteiger partial charge on any atom is 0.336 e. The quantitative estimate of drug-likeness (QED) is 0.715. The second-order valence-corrected chi connectivity index (χ2v) is 9.13. The number of nitrogens with one attached hydrogen (secondary N) is 1. The standard InChI is InChI=1S/C25H28N2O4/c1-6-30-24(29)21-15(3)26-18-12-25(4,5)13-19(28)22(18)23(21)17-11-20(31-27-17)16-9-7-14(2)8-10-16/h7-11,23,26H,6,12-13H2,1-5H3. The molecule has 1 N–H and O–H groups in total. The van der Waals surface area contributed by atoms with E-state index < -0.39 is 11.9 Å². The minimum absolute atomic E-state index is 0.0259. The van der Waals surface area contributed by atoms with E-state index in [0.29, 0.717) is 34.7 Å². The van der Waals surface area contributed by atoms with Gasteiger partial charge in [0.2, 0.25) is 0 Å². The highest BCUT2D eigenvalue weighted by Gasteiger charge is 2.44. The van der Waals surface area contributed by atoms with E-state index in [1.54, 1.807) is 6.92 Å². The summed E-state index contributed by atoms with van der Waals surface area (Å²) in [6.45, 7) is 10.0. The second kappa shape index (κ2) is 7.84. The van der Waals surface area contributed by atoms with Crippen molar-refractivity contribution in [1.29, 1.82) is 0 Å². The summed E-state index contributed by atoms with van der Waals surface area (Å²) >= 11 is 0. The number of benzene rings is 1. The molecule has 2 heterocycles. The van der Waals surface area contributed by atoms with Gasteiger partial charge in [-0.3, -0.25) is 4.79 Å². The number of carbonyl (C=O) groups excluding carboxylic acids is 2. The summed E-state index contributed by atoms with van der Waals surface area (Å²) in [5.41, 5.74) is 4.99. The number of Topliss-reactive ketones (excluding diaryl/α,β-unsaturated/α-hetero) is 1. The number of hydrogen-bond acceptors (Lipinski definition) is 6. The van der Waals surface area contributed by atoms with Crippen molar-refractivity contribution in [1.82, 2.24) is 10.5 Å². The molecule has 0 radical (unpaired) electrons. The third-order valence-corrected chi connectivity index (χ3v) is 5.90. The van der Waals surface area contributed by atoms with Crippen LogP contribution in [0, 0.1) is 12.3 Å². The maximum absolute atomic E-state index is 13.2. The second-order valence-electron chi connectivity index (χ2n) is 9.13. The van der Waals surface area contributed by atoms with Gasteiger partial charge in [-0.1, -0.05) is 48.8 Å². The zero-order valence-corrected chi connectivity index (χ0v) is 18.7. The topological polar surface area (TPSA) is 81.4 Å². The first-order valence-corrected chi connectivity index (χ1v) is 10.6. The van der Waals surface area contributed by atoms with E-state index in [1.807, 2.05) is 44.2 Å². The third-order valence-electron chi connectivity index (χ3n) is 5.90. The van der Waals surface area contributed by atoms with E-state index in [-0.39, 0.29) is 17.8 Å². The predicted molar refractivity (Wildman–Crippen MR) is 117 cm³/mol. The lowest BCUT2D eigenvalue weighted by atomic mass is 9.69. The summed E-state index contributed by atoms with van der Waals surface area (Å²) in [5, 5.41) is 7.61. The Morgan fingerprint density at radius 2 is 1.94 bits per heavy atom. The van der Waals surface area contributed by atoms with Gasteiger partial charge in [-0.15, -0.1) is 0 Å². The highest BCUT2D eigenvalue weighted by molar-refractivity contribution is 6.04. The van der Waals surface area contributed by atoms with E-state index in [9.17, 15) is 9.59 Å². The number of aromatic nitrogens is 1. The molecule has 1 aromatic carbocycles. The Morgan fingerprint density at radius 1 is 1.23 bits per heavy atom. The van der Waals surface area contributed by atoms with Gasteiger partial charge in [0.05, 0.1) is 23.8 Å². The van der Waals surface area contributed by atoms with E-state index in [1.165, 1.54) is 0 Å². The molecule has 1 atom stereocenters. The fourth-order valence-corrected chi connectivity index (χ4v) is 4.49. The lowest BCUT2D eigenvalue weighted by Crippen LogP contribution is -2.38. The number of nitrogens with zero attached hydrogens (tertiary/aromatic N) is 1. The Bertz CT molecular complexity index is 1100. The van der Waals surface area contributed by atoms with E-state index in [0.717, 1.165) is 23.2 Å². The molecular weight excluding hydrogens is 392 g/mol. The smallest absolute Gasteiger partial charge is 0.336 e. The van der Waals surface area contributed by atoms with E-state index >= 15 is 0 Å². The van der Waals surface area contributed by atoms with Crippen LogP contribution in [0.3, 0.4) is 0 Å². The van der Waals surface area contributed by atoms with Crippen molar-refractivity contribution in [3.63, 3.8) is 0 Å². The molecular formula is C25H28N2O4. The van der Waals surface area contributed by atoms with E-state index in [2.05, 4.69) is 24.3 Å². The summed E-state index contributed by atoms with van der Waals surface area (Å²) in [6, 6.07) is 9.76. The number of dihydropyridines is 1. The molecule has 0 saturated carbocycles. The summed E-state index contributed by atoms with van der Waals surface area (Å²) in [6.07, 6.45) is 1.14. The molecule has 2 aromatic rings. The molecule has 31 heavy (non-hydrogen) atoms. The first-order valence-electron chi connectivity index (χ1n) is 10.6. The zero-order chi connectivity index (χ0) is 22.3. The summed E-state index contributed by atoms with van der Waals surface area (Å²) in [4.78, 5) is 26.1. The maximum atomic E-state index is 13.2. The molecule has 1 aliphatic heterocycles. The molecule has 162 valence electrons. The Kier molecular flexibility index (Phi) is 5.33. The molecule has 6 heteroatoms. The summed E-state index contributed by atoms with van der Waals surface area (Å²) in [5.74, 6) is -0.429. The number of aryl methyl sites for hydroxylation is 1. The lowest BCUT2D eigenvalue weighted by Gasteiger charge is -2.38. The van der Waals surface area contributed by atoms with Crippen LogP contribution < -0.4 is 5.32 Å². The summed E-state index contributed by atoms with van der Waals surface area (Å²) < 4.78 is 11.0. The molecule has 1 unspecified atom stereocenters. The molecule has 0 amide bonds. The molecule has 0 fully saturated rings. The Hall–Kier alpha value is -3.15. The number of allylic oxidation sites excluding steroid dienone is 3. The van der Waals surface area contributed by atoms with Crippen LogP contribution in [-0.4, -0.2) is 23.5 Å². The fraction of sp³-hybridized carbons (Fsp3) is 0.400. The van der Waals surface area contributed by atoms with Crippen LogP contribution in [0.5, 0.6) is 0 Å². The van der Waals surface area contributed by atoms with Gasteiger partial charge >= 0.3 is 5.97 Å². The van der Waals surface area contributed by atoms with E-state index in [4.69, 9.17) is 9.26 Å². The van der Waals surface area contributed by atoms with Crippen molar-refractivity contribution < 1.29 is 18.8 Å². The van der Waals surface area contributed by atoms with Gasteiger partial charge < -0.3 is 14.6 Å². The zero-order valence-electron chi connectivity index (χ0n) is 18.7. The molecule has 6 nitrogen and oxygen atoms in total. The number of rotatable bonds is 4. The van der Waals surface area contributed by atoms with Crippen LogP contribution >= 0.6 is 0 Å². The number of ketones is 1. The molecule has 4 rings (SSSR count). The largest absolute Gasteiger partial charge is 0.463 e. The van der Waals surface area contributed by atoms with Gasteiger partial charge in [0.15, 0.2) is 11.5 Å². The molecule has 0 spiro atoms. The Morgan fingerprint density at radius 3 is 2.61 bits per heavy atom. The Labute approximate surface area is 182 Å². The highest BCUT2D eigenvalue weighted by atomic mass is 16.5. The monoisotopic (exact) mass is 420 g/mol. The van der Waals surface area contributed by atoms with Crippen molar-refractivity contribution in [2.45, 2.75) is 53.4 Å². The van der Waals surface area contributed by atoms with Crippen LogP contribution in [-0.2, 0) is 14.3 Å². The third kappa shape index (κ3) is 3.94. The molecule has 1 aromatic heterocycles. The first-order chi connectivity index (χ1) is 14.7. The SMILES string of the molecule is CCOC(=O)C1=C(C)NC2=C(C(=O)CC(C)(C)C2)C1c1cc(-c2ccc(C)cc2)on1. The predicted octanol–water partition coefficient (Wildman–Crippen LogP) is 4.82. The van der Waals surface area contributed by atoms with Crippen molar-refractivity contribution in [2.75, 3.05) is 6.61 Å². The number of carbonyl (C=O) groups is 2. The molecule has 1 aliphatic carbocycles. The highest BCUT2D eigenvalue weighted by Crippen LogP contribution is 2.47. The fourth-order valence-electron chi connectivity index (χ4n) is 4.49. The van der Waals surface area contributed by atoms with Gasteiger partial charge in [-0.05, 0) is 32.6 Å². The minimum atomic E-state index is -0.609. The van der Waals surface area contributed by atoms with Gasteiger partial charge in [-0.2, -0.15) is 0 Å². The van der Waals surface area contributed by atoms with Crippen molar-refractivity contribution >= 4 is 11.8 Å². The lowest BCUT2D eigenvalue weighted by molar-refractivity contribution is -0.138. The number of esters is 1. The van der Waals surface area contributed by atoms with Crippen molar-refractivity contribution in [2.24, 2.45) is 5.41 Å². The van der Waals surface area contributed by atoms with Crippen molar-refractivity contribution in [3.8, 4) is 11.3 Å².